The Labute approximate surface area is 174 Å². The Bertz CT molecular complexity index is 1220. The minimum Gasteiger partial charge on any atom is -0.486 e. The summed E-state index contributed by atoms with van der Waals surface area (Å²) in [5.74, 6) is 0.664. The number of hydrogen-bond donors (Lipinski definition) is 0. The fraction of sp³-hybridized carbons (Fsp3) is 0.143. The Hall–Kier alpha value is -2.90. The molecular weight excluding hydrogens is 417 g/mol. The lowest BCUT2D eigenvalue weighted by Gasteiger charge is -2.09. The van der Waals surface area contributed by atoms with Gasteiger partial charge in [0.1, 0.15) is 41.1 Å². The summed E-state index contributed by atoms with van der Waals surface area (Å²) in [4.78, 5) is 16.0. The van der Waals surface area contributed by atoms with Crippen molar-refractivity contribution in [3.63, 3.8) is 0 Å². The van der Waals surface area contributed by atoms with Gasteiger partial charge in [0.05, 0.1) is 10.7 Å². The second-order valence-electron chi connectivity index (χ2n) is 6.29. The summed E-state index contributed by atoms with van der Waals surface area (Å²) in [5, 5.41) is 3.81. The van der Waals surface area contributed by atoms with Crippen molar-refractivity contribution in [1.82, 2.24) is 4.98 Å². The number of fused-ring (bicyclic) bond motifs is 1. The van der Waals surface area contributed by atoms with E-state index in [4.69, 9.17) is 25.5 Å². The standard InChI is InChI=1S/C21H15ClFNO4S/c1-12-6-21(25)28-18-8-19(17(22)7-16(12)18)27-9-14-11-29-20(24-14)10-26-15-4-2-13(23)3-5-15/h2-8,11H,9-10H2,1H3. The topological polar surface area (TPSA) is 61.6 Å². The Kier molecular flexibility index (Phi) is 5.51. The second kappa shape index (κ2) is 8.23. The second-order valence-corrected chi connectivity index (χ2v) is 7.64. The van der Waals surface area contributed by atoms with Crippen LogP contribution >= 0.6 is 22.9 Å². The van der Waals surface area contributed by atoms with Crippen LogP contribution in [0.2, 0.25) is 5.02 Å². The van der Waals surface area contributed by atoms with Crippen molar-refractivity contribution >= 4 is 33.9 Å². The number of thiazole rings is 1. The maximum atomic E-state index is 12.9. The van der Waals surface area contributed by atoms with Gasteiger partial charge in [-0.05, 0) is 42.8 Å². The predicted octanol–water partition coefficient (Wildman–Crippen LogP) is 5.51. The van der Waals surface area contributed by atoms with Gasteiger partial charge in [-0.25, -0.2) is 14.2 Å². The van der Waals surface area contributed by atoms with Crippen LogP contribution in [0.15, 0.2) is 57.1 Å². The van der Waals surface area contributed by atoms with Gasteiger partial charge in [-0.3, -0.25) is 0 Å². The van der Waals surface area contributed by atoms with Crippen LogP contribution in [0.5, 0.6) is 11.5 Å². The largest absolute Gasteiger partial charge is 0.486 e. The van der Waals surface area contributed by atoms with Crippen LogP contribution < -0.4 is 15.1 Å². The fourth-order valence-corrected chi connectivity index (χ4v) is 3.65. The molecular formula is C21H15ClFNO4S. The Balaban J connectivity index is 1.42. The van der Waals surface area contributed by atoms with Gasteiger partial charge in [-0.1, -0.05) is 11.6 Å². The van der Waals surface area contributed by atoms with Crippen LogP contribution in [0.3, 0.4) is 0 Å². The maximum Gasteiger partial charge on any atom is 0.336 e. The first-order chi connectivity index (χ1) is 14.0. The van der Waals surface area contributed by atoms with Crippen LogP contribution in [0, 0.1) is 12.7 Å². The van der Waals surface area contributed by atoms with E-state index in [1.54, 1.807) is 24.3 Å². The SMILES string of the molecule is Cc1cc(=O)oc2cc(OCc3csc(COc4ccc(F)cc4)n3)c(Cl)cc12. The molecule has 0 saturated carbocycles. The van der Waals surface area contributed by atoms with Gasteiger partial charge < -0.3 is 13.9 Å². The van der Waals surface area contributed by atoms with E-state index in [1.165, 1.54) is 29.5 Å². The zero-order valence-corrected chi connectivity index (χ0v) is 16.8. The Morgan fingerprint density at radius 2 is 1.93 bits per heavy atom. The molecule has 0 spiro atoms. The highest BCUT2D eigenvalue weighted by molar-refractivity contribution is 7.09. The third kappa shape index (κ3) is 4.58. The average molecular weight is 432 g/mol. The van der Waals surface area contributed by atoms with E-state index in [9.17, 15) is 9.18 Å². The molecule has 0 aliphatic heterocycles. The summed E-state index contributed by atoms with van der Waals surface area (Å²) in [7, 11) is 0. The van der Waals surface area contributed by atoms with Gasteiger partial charge in [-0.2, -0.15) is 0 Å². The molecule has 0 radical (unpaired) electrons. The predicted molar refractivity (Wildman–Crippen MR) is 109 cm³/mol. The molecule has 0 amide bonds. The zero-order valence-electron chi connectivity index (χ0n) is 15.3. The summed E-state index contributed by atoms with van der Waals surface area (Å²) >= 11 is 7.74. The zero-order chi connectivity index (χ0) is 20.4. The molecule has 8 heteroatoms. The van der Waals surface area contributed by atoms with E-state index in [-0.39, 0.29) is 19.0 Å². The van der Waals surface area contributed by atoms with Crippen LogP contribution in [0.4, 0.5) is 4.39 Å². The first-order valence-corrected chi connectivity index (χ1v) is 9.92. The summed E-state index contributed by atoms with van der Waals surface area (Å²) in [6.45, 7) is 2.30. The van der Waals surface area contributed by atoms with Crippen LogP contribution in [0.25, 0.3) is 11.0 Å². The minimum absolute atomic E-state index is 0.203. The quantitative estimate of drug-likeness (QED) is 0.377. The van der Waals surface area contributed by atoms with E-state index in [2.05, 4.69) is 4.98 Å². The molecule has 0 aliphatic carbocycles. The molecule has 0 atom stereocenters. The highest BCUT2D eigenvalue weighted by Gasteiger charge is 2.11. The number of ether oxygens (including phenoxy) is 2. The number of benzene rings is 2. The molecule has 148 valence electrons. The number of nitrogens with zero attached hydrogens (tertiary/aromatic N) is 1. The average Bonchev–Trinajstić information content (AvgIpc) is 3.14. The van der Waals surface area contributed by atoms with Gasteiger partial charge in [0.15, 0.2) is 0 Å². The molecule has 0 saturated heterocycles. The molecule has 0 N–H and O–H groups in total. The monoisotopic (exact) mass is 431 g/mol. The maximum absolute atomic E-state index is 12.9. The molecule has 0 fully saturated rings. The van der Waals surface area contributed by atoms with Crippen molar-refractivity contribution < 1.29 is 18.3 Å². The smallest absolute Gasteiger partial charge is 0.336 e. The van der Waals surface area contributed by atoms with Gasteiger partial charge in [0, 0.05) is 22.9 Å². The number of rotatable bonds is 6. The molecule has 2 aromatic heterocycles. The number of aryl methyl sites for hydroxylation is 1. The minimum atomic E-state index is -0.423. The van der Waals surface area contributed by atoms with Gasteiger partial charge in [0.25, 0.3) is 0 Å². The summed E-state index contributed by atoms with van der Waals surface area (Å²) in [6, 6.07) is 10.6. The highest BCUT2D eigenvalue weighted by atomic mass is 35.5. The lowest BCUT2D eigenvalue weighted by molar-refractivity contribution is 0.294. The summed E-state index contributed by atoms with van der Waals surface area (Å²) < 4.78 is 29.5. The van der Waals surface area contributed by atoms with Crippen molar-refractivity contribution in [3.05, 3.63) is 85.4 Å². The molecule has 2 heterocycles. The van der Waals surface area contributed by atoms with E-state index >= 15 is 0 Å². The van der Waals surface area contributed by atoms with Crippen LogP contribution in [0.1, 0.15) is 16.3 Å². The third-order valence-corrected chi connectivity index (χ3v) is 5.32. The van der Waals surface area contributed by atoms with E-state index < -0.39 is 5.63 Å². The normalized spacial score (nSPS) is 11.0. The fourth-order valence-electron chi connectivity index (χ4n) is 2.74. The summed E-state index contributed by atoms with van der Waals surface area (Å²) in [6.07, 6.45) is 0. The van der Waals surface area contributed by atoms with Gasteiger partial charge in [0.2, 0.25) is 0 Å². The van der Waals surface area contributed by atoms with Crippen molar-refractivity contribution in [1.29, 1.82) is 0 Å². The number of halogens is 2. The van der Waals surface area contributed by atoms with Gasteiger partial charge in [-0.15, -0.1) is 11.3 Å². The molecule has 4 rings (SSSR count). The molecule has 2 aromatic carbocycles. The first kappa shape index (κ1) is 19.4. The van der Waals surface area contributed by atoms with Crippen molar-refractivity contribution in [2.24, 2.45) is 0 Å². The van der Waals surface area contributed by atoms with Crippen molar-refractivity contribution in [2.75, 3.05) is 0 Å². The molecule has 0 bridgehead atoms. The summed E-state index contributed by atoms with van der Waals surface area (Å²) in [5.41, 5.74) is 1.50. The van der Waals surface area contributed by atoms with Crippen molar-refractivity contribution in [2.45, 2.75) is 20.1 Å². The lowest BCUT2D eigenvalue weighted by atomic mass is 10.1. The molecule has 29 heavy (non-hydrogen) atoms. The Morgan fingerprint density at radius 3 is 2.72 bits per heavy atom. The van der Waals surface area contributed by atoms with Gasteiger partial charge >= 0.3 is 5.63 Å². The first-order valence-electron chi connectivity index (χ1n) is 8.66. The number of aromatic nitrogens is 1. The Morgan fingerprint density at radius 1 is 1.14 bits per heavy atom. The van der Waals surface area contributed by atoms with Crippen molar-refractivity contribution in [3.8, 4) is 11.5 Å². The van der Waals surface area contributed by atoms with Crippen LogP contribution in [-0.2, 0) is 13.2 Å². The highest BCUT2D eigenvalue weighted by Crippen LogP contribution is 2.31. The lowest BCUT2D eigenvalue weighted by Crippen LogP contribution is -2.00. The van der Waals surface area contributed by atoms with E-state index in [0.717, 1.165) is 21.7 Å². The van der Waals surface area contributed by atoms with E-state index in [1.807, 2.05) is 12.3 Å². The molecule has 0 aliphatic rings. The molecule has 4 aromatic rings. The number of hydrogen-bond acceptors (Lipinski definition) is 6. The van der Waals surface area contributed by atoms with Crippen LogP contribution in [-0.4, -0.2) is 4.98 Å². The molecule has 5 nitrogen and oxygen atoms in total. The molecule has 0 unspecified atom stereocenters. The van der Waals surface area contributed by atoms with E-state index in [0.29, 0.717) is 22.1 Å². The third-order valence-electron chi connectivity index (χ3n) is 4.15.